The number of aryl methyl sites for hydroxylation is 1. The van der Waals surface area contributed by atoms with Gasteiger partial charge in [0.1, 0.15) is 6.04 Å². The normalized spacial score (nSPS) is 12.2. The highest BCUT2D eigenvalue weighted by molar-refractivity contribution is 7.10. The Morgan fingerprint density at radius 3 is 2.72 bits per heavy atom. The predicted octanol–water partition coefficient (Wildman–Crippen LogP) is 3.00. The third kappa shape index (κ3) is 2.60. The SMILES string of the molecule is Cc1cccc(NC(=O)C(N)c2cccs2)c1C. The fraction of sp³-hybridized carbons (Fsp3) is 0.214. The molecule has 3 N–H and O–H groups in total. The molecule has 0 aliphatic carbocycles. The van der Waals surface area contributed by atoms with Gasteiger partial charge in [0.2, 0.25) is 5.91 Å². The van der Waals surface area contributed by atoms with Gasteiger partial charge in [-0.05, 0) is 42.5 Å². The molecule has 0 saturated carbocycles. The van der Waals surface area contributed by atoms with E-state index >= 15 is 0 Å². The van der Waals surface area contributed by atoms with Gasteiger partial charge in [-0.15, -0.1) is 11.3 Å². The molecule has 0 saturated heterocycles. The number of carbonyl (C=O) groups is 1. The van der Waals surface area contributed by atoms with Gasteiger partial charge in [-0.2, -0.15) is 0 Å². The lowest BCUT2D eigenvalue weighted by molar-refractivity contribution is -0.117. The summed E-state index contributed by atoms with van der Waals surface area (Å²) in [5, 5.41) is 4.80. The molecule has 4 heteroatoms. The number of anilines is 1. The van der Waals surface area contributed by atoms with E-state index in [1.165, 1.54) is 11.3 Å². The van der Waals surface area contributed by atoms with Crippen LogP contribution in [0, 0.1) is 13.8 Å². The van der Waals surface area contributed by atoms with Crippen molar-refractivity contribution in [2.75, 3.05) is 5.32 Å². The average molecular weight is 260 g/mol. The molecule has 1 amide bonds. The van der Waals surface area contributed by atoms with E-state index in [-0.39, 0.29) is 5.91 Å². The zero-order chi connectivity index (χ0) is 13.1. The van der Waals surface area contributed by atoms with Crippen molar-refractivity contribution in [3.8, 4) is 0 Å². The van der Waals surface area contributed by atoms with E-state index in [1.54, 1.807) is 0 Å². The molecule has 1 heterocycles. The minimum absolute atomic E-state index is 0.175. The van der Waals surface area contributed by atoms with Crippen molar-refractivity contribution < 1.29 is 4.79 Å². The molecule has 0 spiro atoms. The summed E-state index contributed by atoms with van der Waals surface area (Å²) < 4.78 is 0. The number of thiophene rings is 1. The zero-order valence-corrected chi connectivity index (χ0v) is 11.3. The highest BCUT2D eigenvalue weighted by atomic mass is 32.1. The van der Waals surface area contributed by atoms with E-state index in [9.17, 15) is 4.79 Å². The van der Waals surface area contributed by atoms with Gasteiger partial charge >= 0.3 is 0 Å². The van der Waals surface area contributed by atoms with Crippen LogP contribution in [0.5, 0.6) is 0 Å². The molecule has 2 aromatic rings. The Balaban J connectivity index is 2.14. The van der Waals surface area contributed by atoms with Crippen LogP contribution in [-0.4, -0.2) is 5.91 Å². The number of hydrogen-bond acceptors (Lipinski definition) is 3. The summed E-state index contributed by atoms with van der Waals surface area (Å²) in [7, 11) is 0. The minimum Gasteiger partial charge on any atom is -0.324 e. The molecule has 0 aliphatic rings. The van der Waals surface area contributed by atoms with Gasteiger partial charge in [-0.1, -0.05) is 18.2 Å². The van der Waals surface area contributed by atoms with E-state index in [4.69, 9.17) is 5.73 Å². The number of benzene rings is 1. The smallest absolute Gasteiger partial charge is 0.246 e. The van der Waals surface area contributed by atoms with Crippen molar-refractivity contribution in [1.29, 1.82) is 0 Å². The van der Waals surface area contributed by atoms with Crippen molar-refractivity contribution in [3.63, 3.8) is 0 Å². The van der Waals surface area contributed by atoms with Crippen LogP contribution in [-0.2, 0) is 4.79 Å². The molecule has 18 heavy (non-hydrogen) atoms. The molecule has 0 bridgehead atoms. The number of rotatable bonds is 3. The molecule has 1 atom stereocenters. The average Bonchev–Trinajstić information content (AvgIpc) is 2.87. The summed E-state index contributed by atoms with van der Waals surface area (Å²) in [5.41, 5.74) is 8.97. The van der Waals surface area contributed by atoms with Crippen LogP contribution in [0.3, 0.4) is 0 Å². The van der Waals surface area contributed by atoms with Crippen LogP contribution >= 0.6 is 11.3 Å². The van der Waals surface area contributed by atoms with Crippen LogP contribution in [0.1, 0.15) is 22.0 Å². The molecular formula is C14H16N2OS. The number of nitrogens with one attached hydrogen (secondary N) is 1. The van der Waals surface area contributed by atoms with Gasteiger partial charge in [0.15, 0.2) is 0 Å². The number of carbonyl (C=O) groups excluding carboxylic acids is 1. The maximum Gasteiger partial charge on any atom is 0.246 e. The van der Waals surface area contributed by atoms with Crippen LogP contribution in [0.15, 0.2) is 35.7 Å². The third-order valence-corrected chi connectivity index (χ3v) is 3.95. The van der Waals surface area contributed by atoms with Crippen LogP contribution < -0.4 is 11.1 Å². The van der Waals surface area contributed by atoms with Crippen LogP contribution in [0.2, 0.25) is 0 Å². The first kappa shape index (κ1) is 12.8. The molecule has 3 nitrogen and oxygen atoms in total. The Hall–Kier alpha value is -1.65. The summed E-state index contributed by atoms with van der Waals surface area (Å²) >= 11 is 1.49. The Labute approximate surface area is 111 Å². The number of hydrogen-bond donors (Lipinski definition) is 2. The molecule has 0 fully saturated rings. The zero-order valence-electron chi connectivity index (χ0n) is 10.4. The van der Waals surface area contributed by atoms with E-state index in [1.807, 2.05) is 49.6 Å². The highest BCUT2D eigenvalue weighted by Crippen LogP contribution is 2.21. The van der Waals surface area contributed by atoms with Gasteiger partial charge < -0.3 is 11.1 Å². The van der Waals surface area contributed by atoms with E-state index in [0.29, 0.717) is 0 Å². The lowest BCUT2D eigenvalue weighted by Gasteiger charge is -2.13. The van der Waals surface area contributed by atoms with Crippen molar-refractivity contribution in [3.05, 3.63) is 51.7 Å². The second-order valence-electron chi connectivity index (χ2n) is 4.23. The van der Waals surface area contributed by atoms with Gasteiger partial charge in [-0.3, -0.25) is 4.79 Å². The van der Waals surface area contributed by atoms with Crippen molar-refractivity contribution in [2.24, 2.45) is 5.73 Å². The fourth-order valence-corrected chi connectivity index (χ4v) is 2.42. The summed E-state index contributed by atoms with van der Waals surface area (Å²) in [6.07, 6.45) is 0. The van der Waals surface area contributed by atoms with Gasteiger partial charge in [-0.25, -0.2) is 0 Å². The van der Waals surface area contributed by atoms with Crippen LogP contribution in [0.4, 0.5) is 5.69 Å². The summed E-state index contributed by atoms with van der Waals surface area (Å²) in [4.78, 5) is 12.9. The van der Waals surface area contributed by atoms with E-state index < -0.39 is 6.04 Å². The molecule has 1 aromatic heterocycles. The molecule has 94 valence electrons. The minimum atomic E-state index is -0.607. The predicted molar refractivity (Wildman–Crippen MR) is 75.8 cm³/mol. The monoisotopic (exact) mass is 260 g/mol. The maximum absolute atomic E-state index is 12.0. The van der Waals surface area contributed by atoms with Crippen molar-refractivity contribution >= 4 is 22.9 Å². The quantitative estimate of drug-likeness (QED) is 0.891. The molecule has 0 radical (unpaired) electrons. The Bertz CT molecular complexity index is 549. The molecule has 1 unspecified atom stereocenters. The summed E-state index contributed by atoms with van der Waals surface area (Å²) in [6, 6.07) is 8.99. The second kappa shape index (κ2) is 5.33. The first-order valence-electron chi connectivity index (χ1n) is 5.75. The molecular weight excluding hydrogens is 244 g/mol. The maximum atomic E-state index is 12.0. The summed E-state index contributed by atoms with van der Waals surface area (Å²) in [5.74, 6) is -0.175. The number of amides is 1. The first-order chi connectivity index (χ1) is 8.59. The second-order valence-corrected chi connectivity index (χ2v) is 5.21. The van der Waals surface area contributed by atoms with E-state index in [2.05, 4.69) is 5.32 Å². The van der Waals surface area contributed by atoms with Crippen molar-refractivity contribution in [2.45, 2.75) is 19.9 Å². The summed E-state index contributed by atoms with van der Waals surface area (Å²) in [6.45, 7) is 4.01. The lowest BCUT2D eigenvalue weighted by atomic mass is 10.1. The van der Waals surface area contributed by atoms with E-state index in [0.717, 1.165) is 21.7 Å². The van der Waals surface area contributed by atoms with Gasteiger partial charge in [0.05, 0.1) is 0 Å². The molecule has 0 aliphatic heterocycles. The highest BCUT2D eigenvalue weighted by Gasteiger charge is 2.17. The topological polar surface area (TPSA) is 55.1 Å². The largest absolute Gasteiger partial charge is 0.324 e. The Kier molecular flexibility index (Phi) is 3.79. The molecule has 1 aromatic carbocycles. The Morgan fingerprint density at radius 1 is 1.28 bits per heavy atom. The van der Waals surface area contributed by atoms with Crippen LogP contribution in [0.25, 0.3) is 0 Å². The third-order valence-electron chi connectivity index (χ3n) is 2.99. The fourth-order valence-electron chi connectivity index (χ4n) is 1.69. The van der Waals surface area contributed by atoms with Gasteiger partial charge in [0.25, 0.3) is 0 Å². The lowest BCUT2D eigenvalue weighted by Crippen LogP contribution is -2.27. The van der Waals surface area contributed by atoms with Gasteiger partial charge in [0, 0.05) is 10.6 Å². The Morgan fingerprint density at radius 2 is 2.06 bits per heavy atom. The standard InChI is InChI=1S/C14H16N2OS/c1-9-5-3-6-11(10(9)2)16-14(17)13(15)12-7-4-8-18-12/h3-8,13H,15H2,1-2H3,(H,16,17). The first-order valence-corrected chi connectivity index (χ1v) is 6.63. The number of nitrogens with two attached hydrogens (primary N) is 1. The van der Waals surface area contributed by atoms with Crippen molar-refractivity contribution in [1.82, 2.24) is 0 Å². The molecule has 2 rings (SSSR count).